The van der Waals surface area contributed by atoms with Crippen LogP contribution in [0.4, 0.5) is 0 Å². The summed E-state index contributed by atoms with van der Waals surface area (Å²) in [7, 11) is 1.39. The van der Waals surface area contributed by atoms with E-state index in [-0.39, 0.29) is 0 Å². The molecule has 2 aromatic carbocycles. The zero-order valence-electron chi connectivity index (χ0n) is 22.3. The van der Waals surface area contributed by atoms with Crippen molar-refractivity contribution in [2.45, 2.75) is 97.8 Å². The van der Waals surface area contributed by atoms with Crippen LogP contribution in [0.25, 0.3) is 11.1 Å². The number of hydrogen-bond acceptors (Lipinski definition) is 1. The maximum Gasteiger partial charge on any atom is 0.0319 e. The topological polar surface area (TPSA) is 20.2 Å². The van der Waals surface area contributed by atoms with Crippen molar-refractivity contribution in [3.63, 3.8) is 0 Å². The highest BCUT2D eigenvalue weighted by Gasteiger charge is 2.07. The monoisotopic (exact) mass is 472 g/mol. The minimum absolute atomic E-state index is 0.389. The van der Waals surface area contributed by atoms with Crippen LogP contribution < -0.4 is 0 Å². The molecule has 0 aliphatic heterocycles. The van der Waals surface area contributed by atoms with Gasteiger partial charge in [-0.2, -0.15) is 0 Å². The first kappa shape index (κ1) is 31.8. The van der Waals surface area contributed by atoms with Gasteiger partial charge in [-0.15, -0.1) is 7.92 Å². The van der Waals surface area contributed by atoms with Gasteiger partial charge < -0.3 is 5.11 Å². The lowest BCUT2D eigenvalue weighted by Gasteiger charge is -2.17. The Kier molecular flexibility index (Phi) is 24.6. The summed E-state index contributed by atoms with van der Waals surface area (Å²) in [4.78, 5) is 0. The fourth-order valence-corrected chi connectivity index (χ4v) is 6.57. The first-order valence-electron chi connectivity index (χ1n) is 13.6. The smallest absolute Gasteiger partial charge is 0.0319 e. The van der Waals surface area contributed by atoms with E-state index < -0.39 is 0 Å². The van der Waals surface area contributed by atoms with Gasteiger partial charge in [-0.05, 0) is 48.9 Å². The molecule has 1 nitrogen and oxygen atoms in total. The Morgan fingerprint density at radius 3 is 1.03 bits per heavy atom. The molecule has 0 amide bonds. The van der Waals surface area contributed by atoms with Gasteiger partial charge in [0.1, 0.15) is 0 Å². The average Bonchev–Trinajstić information content (AvgIpc) is 2.89. The normalized spacial score (nSPS) is 10.2. The number of aliphatic hydroxyl groups excluding tert-OH is 1. The van der Waals surface area contributed by atoms with Gasteiger partial charge in [-0.3, -0.25) is 0 Å². The Labute approximate surface area is 208 Å². The molecule has 0 fully saturated rings. The Hall–Kier alpha value is -1.17. The van der Waals surface area contributed by atoms with E-state index in [0.29, 0.717) is 7.92 Å². The molecular formula is C31H53OP. The van der Waals surface area contributed by atoms with E-state index >= 15 is 0 Å². The van der Waals surface area contributed by atoms with Crippen molar-refractivity contribution in [2.75, 3.05) is 25.6 Å². The summed E-state index contributed by atoms with van der Waals surface area (Å²) in [6.45, 7) is 6.95. The minimum Gasteiger partial charge on any atom is -0.400 e. The van der Waals surface area contributed by atoms with Crippen molar-refractivity contribution in [1.82, 2.24) is 0 Å². The van der Waals surface area contributed by atoms with E-state index in [9.17, 15) is 0 Å². The van der Waals surface area contributed by atoms with Gasteiger partial charge in [0.25, 0.3) is 0 Å². The van der Waals surface area contributed by atoms with E-state index in [1.54, 1.807) is 18.5 Å². The summed E-state index contributed by atoms with van der Waals surface area (Å²) in [5.41, 5.74) is 2.55. The van der Waals surface area contributed by atoms with Crippen molar-refractivity contribution in [1.29, 1.82) is 0 Å². The highest BCUT2D eigenvalue weighted by atomic mass is 31.1. The third-order valence-corrected chi connectivity index (χ3v) is 8.71. The molecular weight excluding hydrogens is 419 g/mol. The number of benzene rings is 2. The molecule has 0 aromatic heterocycles. The second-order valence-electron chi connectivity index (χ2n) is 8.76. The molecule has 33 heavy (non-hydrogen) atoms. The van der Waals surface area contributed by atoms with Crippen LogP contribution in [0.5, 0.6) is 0 Å². The van der Waals surface area contributed by atoms with Gasteiger partial charge >= 0.3 is 0 Å². The second-order valence-corrected chi connectivity index (χ2v) is 11.4. The summed E-state index contributed by atoms with van der Waals surface area (Å²) in [5, 5.41) is 7.00. The standard InChI is InChI=1S/C18H39P.C12H10.CH4O/c1-4-7-10-13-16-19(17-14-11-8-5-2)18-15-12-9-6-3;1-3-7-11(8-4-1)12-9-5-2-6-10-12;1-2/h4-18H2,1-3H3;1-10H;2H,1H3. The van der Waals surface area contributed by atoms with Crippen LogP contribution in [-0.2, 0) is 0 Å². The van der Waals surface area contributed by atoms with Crippen LogP contribution in [0.1, 0.15) is 97.8 Å². The van der Waals surface area contributed by atoms with Gasteiger partial charge in [0.05, 0.1) is 0 Å². The van der Waals surface area contributed by atoms with Crippen molar-refractivity contribution >= 4 is 7.92 Å². The summed E-state index contributed by atoms with van der Waals surface area (Å²) in [6, 6.07) is 20.8. The van der Waals surface area contributed by atoms with Gasteiger partial charge in [0.2, 0.25) is 0 Å². The Balaban J connectivity index is 0.000000620. The molecule has 0 heterocycles. The molecule has 0 bridgehead atoms. The van der Waals surface area contributed by atoms with E-state index in [1.807, 2.05) is 12.1 Å². The van der Waals surface area contributed by atoms with Crippen molar-refractivity contribution in [3.8, 4) is 11.1 Å². The molecule has 0 saturated heterocycles. The molecule has 0 aliphatic rings. The average molecular weight is 473 g/mol. The molecule has 2 rings (SSSR count). The Bertz CT molecular complexity index is 533. The van der Waals surface area contributed by atoms with Gasteiger partial charge in [-0.25, -0.2) is 0 Å². The van der Waals surface area contributed by atoms with E-state index in [0.717, 1.165) is 7.11 Å². The lowest BCUT2D eigenvalue weighted by molar-refractivity contribution is 0.399. The first-order valence-corrected chi connectivity index (χ1v) is 15.5. The maximum atomic E-state index is 7.00. The number of rotatable bonds is 16. The lowest BCUT2D eigenvalue weighted by atomic mass is 10.1. The molecule has 188 valence electrons. The van der Waals surface area contributed by atoms with Crippen LogP contribution in [0, 0.1) is 0 Å². The maximum absolute atomic E-state index is 7.00. The SMILES string of the molecule is CCCCCCP(CCCCCC)CCCCCC.CO.c1ccc(-c2ccccc2)cc1. The highest BCUT2D eigenvalue weighted by Crippen LogP contribution is 2.39. The molecule has 0 saturated carbocycles. The highest BCUT2D eigenvalue weighted by molar-refractivity contribution is 7.57. The van der Waals surface area contributed by atoms with E-state index in [4.69, 9.17) is 5.11 Å². The van der Waals surface area contributed by atoms with E-state index in [2.05, 4.69) is 69.3 Å². The fourth-order valence-electron chi connectivity index (χ4n) is 3.88. The zero-order chi connectivity index (χ0) is 24.4. The summed E-state index contributed by atoms with van der Waals surface area (Å²) in [6.07, 6.45) is 22.2. The van der Waals surface area contributed by atoms with Crippen LogP contribution in [0.3, 0.4) is 0 Å². The Morgan fingerprint density at radius 1 is 0.455 bits per heavy atom. The molecule has 2 heteroatoms. The number of aliphatic hydroxyl groups is 1. The molecule has 0 spiro atoms. The Morgan fingerprint density at radius 2 is 0.758 bits per heavy atom. The zero-order valence-corrected chi connectivity index (χ0v) is 23.2. The van der Waals surface area contributed by atoms with Crippen molar-refractivity contribution in [3.05, 3.63) is 60.7 Å². The molecule has 2 aromatic rings. The molecule has 0 radical (unpaired) electrons. The number of hydrogen-bond donors (Lipinski definition) is 1. The predicted octanol–water partition coefficient (Wildman–Crippen LogP) is 10.2. The third kappa shape index (κ3) is 18.9. The van der Waals surface area contributed by atoms with Gasteiger partial charge in [0, 0.05) is 7.11 Å². The predicted molar refractivity (Wildman–Crippen MR) is 154 cm³/mol. The lowest BCUT2D eigenvalue weighted by Crippen LogP contribution is -1.97. The van der Waals surface area contributed by atoms with Crippen molar-refractivity contribution in [2.24, 2.45) is 0 Å². The van der Waals surface area contributed by atoms with Crippen LogP contribution in [0.15, 0.2) is 60.7 Å². The summed E-state index contributed by atoms with van der Waals surface area (Å²) >= 11 is 0. The second kappa shape index (κ2) is 25.5. The van der Waals surface area contributed by atoms with Crippen LogP contribution >= 0.6 is 7.92 Å². The minimum atomic E-state index is 0.389. The molecule has 0 aliphatic carbocycles. The summed E-state index contributed by atoms with van der Waals surface area (Å²) in [5.74, 6) is 0. The molecule has 0 atom stereocenters. The quantitative estimate of drug-likeness (QED) is 0.190. The van der Waals surface area contributed by atoms with Gasteiger partial charge in [0.15, 0.2) is 0 Å². The summed E-state index contributed by atoms with van der Waals surface area (Å²) < 4.78 is 0. The van der Waals surface area contributed by atoms with Crippen LogP contribution in [0.2, 0.25) is 0 Å². The molecule has 0 unspecified atom stereocenters. The largest absolute Gasteiger partial charge is 0.400 e. The van der Waals surface area contributed by atoms with Crippen molar-refractivity contribution < 1.29 is 5.11 Å². The number of unbranched alkanes of at least 4 members (excludes halogenated alkanes) is 9. The third-order valence-electron chi connectivity index (χ3n) is 5.86. The van der Waals surface area contributed by atoms with E-state index in [1.165, 1.54) is 88.2 Å². The first-order chi connectivity index (χ1) is 16.3. The van der Waals surface area contributed by atoms with Gasteiger partial charge in [-0.1, -0.05) is 139 Å². The molecule has 1 N–H and O–H groups in total. The van der Waals surface area contributed by atoms with Crippen LogP contribution in [-0.4, -0.2) is 30.7 Å². The fraction of sp³-hybridized carbons (Fsp3) is 0.613.